The largest absolute Gasteiger partial charge is 0.509 e. The summed E-state index contributed by atoms with van der Waals surface area (Å²) in [6, 6.07) is 4.15. The topological polar surface area (TPSA) is 229 Å². The van der Waals surface area contributed by atoms with Gasteiger partial charge in [-0.1, -0.05) is 18.9 Å². The maximum atomic E-state index is 15.7. The molecule has 24 heteroatoms. The molecule has 64 heavy (non-hydrogen) atoms. The number of aromatic nitrogens is 2. The molecular weight excluding hydrogens is 876 g/mol. The van der Waals surface area contributed by atoms with Gasteiger partial charge in [0.2, 0.25) is 11.7 Å². The summed E-state index contributed by atoms with van der Waals surface area (Å²) in [7, 11) is 2.64. The summed E-state index contributed by atoms with van der Waals surface area (Å²) >= 11 is 0. The third kappa shape index (κ3) is 10.5. The van der Waals surface area contributed by atoms with E-state index in [4.69, 9.17) is 9.84 Å². The number of hydrogen-bond donors (Lipinski definition) is 7. The van der Waals surface area contributed by atoms with E-state index in [1.54, 1.807) is 0 Å². The molecular formula is C40H44F8N6O10. The number of benzene rings is 2. The lowest BCUT2D eigenvalue weighted by atomic mass is 9.88. The van der Waals surface area contributed by atoms with Crippen LogP contribution in [-0.2, 0) is 33.3 Å². The molecule has 7 N–H and O–H groups in total. The number of alkyl halides is 6. The molecule has 2 heterocycles. The van der Waals surface area contributed by atoms with E-state index in [0.717, 1.165) is 28.1 Å². The van der Waals surface area contributed by atoms with Gasteiger partial charge in [0.1, 0.15) is 47.8 Å². The molecule has 16 nitrogen and oxygen atoms in total. The molecule has 2 aromatic carbocycles. The SMILES string of the molecule is CN(C[C@H](O)[C@@H](O)[C@H](O)[C@H](O)CO)C(=O)CCCOc1ccc(CN2C(=O)C(C(=O)Nc3ccc(C(F)(F)F)cc3-c3cc(C(F)(F)F)ncn3)=C(O)C3(CCCC3)N2C)c(F)c1F. The number of aliphatic hydroxyl groups is 6. The molecule has 0 bridgehead atoms. The van der Waals surface area contributed by atoms with Crippen LogP contribution in [0, 0.1) is 11.6 Å². The smallest absolute Gasteiger partial charge is 0.433 e. The van der Waals surface area contributed by atoms with E-state index < -0.39 is 142 Å². The number of carbonyl (C=O) groups excluding carboxylic acids is 3. The summed E-state index contributed by atoms with van der Waals surface area (Å²) in [5.41, 5.74) is -7.48. The van der Waals surface area contributed by atoms with E-state index in [0.29, 0.717) is 37.4 Å². The number of likely N-dealkylation sites (N-methyl/N-ethyl adjacent to an activating group) is 2. The molecule has 1 aromatic heterocycles. The van der Waals surface area contributed by atoms with Crippen molar-refractivity contribution in [3.05, 3.63) is 82.5 Å². The highest BCUT2D eigenvalue weighted by molar-refractivity contribution is 6.24. The number of nitrogens with one attached hydrogen (secondary N) is 1. The van der Waals surface area contributed by atoms with E-state index in [1.165, 1.54) is 19.1 Å². The number of anilines is 1. The number of halogens is 8. The first-order chi connectivity index (χ1) is 29.9. The fourth-order valence-electron chi connectivity index (χ4n) is 7.39. The lowest BCUT2D eigenvalue weighted by Gasteiger charge is -2.48. The Morgan fingerprint density at radius 3 is 2.22 bits per heavy atom. The molecule has 350 valence electrons. The zero-order chi connectivity index (χ0) is 47.5. The number of aliphatic hydroxyl groups excluding tert-OH is 6. The Morgan fingerprint density at radius 1 is 0.938 bits per heavy atom. The maximum Gasteiger partial charge on any atom is 0.433 e. The first-order valence-electron chi connectivity index (χ1n) is 19.5. The second-order valence-electron chi connectivity index (χ2n) is 15.2. The first-order valence-corrected chi connectivity index (χ1v) is 19.5. The van der Waals surface area contributed by atoms with Gasteiger partial charge in [0.25, 0.3) is 11.8 Å². The minimum atomic E-state index is -5.03. The molecule has 0 radical (unpaired) electrons. The second kappa shape index (κ2) is 19.7. The van der Waals surface area contributed by atoms with Crippen molar-refractivity contribution in [2.45, 2.75) is 87.4 Å². The van der Waals surface area contributed by atoms with E-state index in [-0.39, 0.29) is 32.3 Å². The average molecular weight is 921 g/mol. The molecule has 5 rings (SSSR count). The molecule has 3 amide bonds. The van der Waals surface area contributed by atoms with Crippen LogP contribution in [0.25, 0.3) is 11.3 Å². The lowest BCUT2D eigenvalue weighted by molar-refractivity contribution is -0.163. The first kappa shape index (κ1) is 49.5. The average Bonchev–Trinajstić information content (AvgIpc) is 3.75. The standard InChI is InChI=1S/C40H44F8N6O10/c1-52(17-25(56)33(59)34(60)26(57)18-55)29(58)6-5-13-64-27-10-7-20(31(41)32(27)42)16-54-37(63)30(35(61)38(53(54)2)11-3-4-12-38)36(62)51-23-9-8-21(39(43,44)45)14-22(23)24-15-28(40(46,47)48)50-19-49-24/h7-10,14-15,19,25-26,33-34,55-57,59-61H,3-6,11-13,16-18H2,1-2H3,(H,51,62)/t25-,26+,33+,34+/m0/s1. The number of amides is 3. The Hall–Kier alpha value is -5.53. The molecule has 0 unspecified atom stereocenters. The molecule has 1 aliphatic heterocycles. The summed E-state index contributed by atoms with van der Waals surface area (Å²) in [4.78, 5) is 48.4. The van der Waals surface area contributed by atoms with Gasteiger partial charge in [-0.3, -0.25) is 19.4 Å². The molecule has 0 saturated heterocycles. The number of carbonyl (C=O) groups is 3. The molecule has 4 atom stereocenters. The molecule has 3 aromatic rings. The van der Waals surface area contributed by atoms with Gasteiger partial charge < -0.3 is 45.6 Å². The van der Waals surface area contributed by atoms with Crippen LogP contribution >= 0.6 is 0 Å². The number of ether oxygens (including phenoxy) is 1. The number of rotatable bonds is 16. The fourth-order valence-corrected chi connectivity index (χ4v) is 7.39. The fraction of sp³-hybridized carbons (Fsp3) is 0.475. The van der Waals surface area contributed by atoms with Gasteiger partial charge in [-0.2, -0.15) is 30.7 Å². The Bertz CT molecular complexity index is 2240. The number of hydrogen-bond acceptors (Lipinski definition) is 13. The van der Waals surface area contributed by atoms with Crippen molar-refractivity contribution in [2.75, 3.05) is 39.2 Å². The third-order valence-electron chi connectivity index (χ3n) is 11.0. The van der Waals surface area contributed by atoms with Crippen molar-refractivity contribution < 1.29 is 84.9 Å². The van der Waals surface area contributed by atoms with Crippen LogP contribution in [0.4, 0.5) is 40.8 Å². The Balaban J connectivity index is 1.33. The predicted octanol–water partition coefficient (Wildman–Crippen LogP) is 3.47. The Kier molecular flexibility index (Phi) is 15.2. The summed E-state index contributed by atoms with van der Waals surface area (Å²) in [5, 5.41) is 64.2. The van der Waals surface area contributed by atoms with E-state index in [1.807, 2.05) is 0 Å². The van der Waals surface area contributed by atoms with Gasteiger partial charge in [-0.25, -0.2) is 19.4 Å². The second-order valence-corrected chi connectivity index (χ2v) is 15.2. The van der Waals surface area contributed by atoms with E-state index >= 15 is 8.78 Å². The summed E-state index contributed by atoms with van der Waals surface area (Å²) in [6.45, 7) is -2.42. The highest BCUT2D eigenvalue weighted by atomic mass is 19.4. The van der Waals surface area contributed by atoms with Crippen molar-refractivity contribution in [1.82, 2.24) is 24.9 Å². The minimum Gasteiger partial charge on any atom is -0.509 e. The van der Waals surface area contributed by atoms with Crippen molar-refractivity contribution in [1.29, 1.82) is 0 Å². The normalized spacial score (nSPS) is 17.7. The van der Waals surface area contributed by atoms with Crippen LogP contribution in [-0.4, -0.2) is 137 Å². The van der Waals surface area contributed by atoms with E-state index in [9.17, 15) is 66.3 Å². The number of nitrogens with zero attached hydrogens (tertiary/aromatic N) is 5. The minimum absolute atomic E-state index is 0.0477. The van der Waals surface area contributed by atoms with Crippen LogP contribution in [0.1, 0.15) is 55.3 Å². The quantitative estimate of drug-likeness (QED) is 0.0622. The van der Waals surface area contributed by atoms with Crippen molar-refractivity contribution in [2.24, 2.45) is 0 Å². The van der Waals surface area contributed by atoms with Crippen LogP contribution in [0.3, 0.4) is 0 Å². The molecule has 1 aliphatic carbocycles. The van der Waals surface area contributed by atoms with Gasteiger partial charge in [0.05, 0.1) is 42.2 Å². The number of hydrazine groups is 1. The Labute approximate surface area is 359 Å². The predicted molar refractivity (Wildman–Crippen MR) is 205 cm³/mol. The van der Waals surface area contributed by atoms with Crippen LogP contribution in [0.5, 0.6) is 5.75 Å². The van der Waals surface area contributed by atoms with Crippen molar-refractivity contribution >= 4 is 23.4 Å². The third-order valence-corrected chi connectivity index (χ3v) is 11.0. The van der Waals surface area contributed by atoms with Gasteiger partial charge in [0.15, 0.2) is 11.6 Å². The van der Waals surface area contributed by atoms with Crippen molar-refractivity contribution in [3.8, 4) is 17.0 Å². The molecule has 1 saturated carbocycles. The van der Waals surface area contributed by atoms with E-state index in [2.05, 4.69) is 15.3 Å². The monoisotopic (exact) mass is 920 g/mol. The van der Waals surface area contributed by atoms with Crippen molar-refractivity contribution in [3.63, 3.8) is 0 Å². The van der Waals surface area contributed by atoms with Gasteiger partial charge in [-0.15, -0.1) is 0 Å². The van der Waals surface area contributed by atoms with Gasteiger partial charge in [-0.05, 0) is 49.6 Å². The highest BCUT2D eigenvalue weighted by Gasteiger charge is 2.53. The summed E-state index contributed by atoms with van der Waals surface area (Å²) < 4.78 is 118. The summed E-state index contributed by atoms with van der Waals surface area (Å²) in [5.74, 6) is -7.50. The Morgan fingerprint density at radius 2 is 1.59 bits per heavy atom. The highest BCUT2D eigenvalue weighted by Crippen LogP contribution is 2.45. The van der Waals surface area contributed by atoms with Gasteiger partial charge in [0, 0.05) is 38.2 Å². The zero-order valence-electron chi connectivity index (χ0n) is 34.0. The maximum absolute atomic E-state index is 15.7. The molecule has 2 aliphatic rings. The van der Waals surface area contributed by atoms with Crippen LogP contribution < -0.4 is 10.1 Å². The van der Waals surface area contributed by atoms with Gasteiger partial charge >= 0.3 is 12.4 Å². The lowest BCUT2D eigenvalue weighted by Crippen LogP contribution is -2.62. The van der Waals surface area contributed by atoms with Crippen LogP contribution in [0.15, 0.2) is 54.1 Å². The molecule has 1 spiro atoms. The molecule has 1 fully saturated rings. The summed E-state index contributed by atoms with van der Waals surface area (Å²) in [6.07, 6.45) is -15.8. The zero-order valence-corrected chi connectivity index (χ0v) is 34.0. The van der Waals surface area contributed by atoms with Crippen LogP contribution in [0.2, 0.25) is 0 Å².